The number of rotatable bonds is 6. The van der Waals surface area contributed by atoms with Crippen molar-refractivity contribution in [3.63, 3.8) is 0 Å². The summed E-state index contributed by atoms with van der Waals surface area (Å²) in [4.78, 5) is 9.22. The number of H-pyrrole nitrogens is 1. The molecule has 0 unspecified atom stereocenters. The summed E-state index contributed by atoms with van der Waals surface area (Å²) in [6, 6.07) is 0. The lowest BCUT2D eigenvalue weighted by Gasteiger charge is -2.20. The molecule has 1 fully saturated rings. The Hall–Kier alpha value is -0.960. The Morgan fingerprint density at radius 2 is 2.14 bits per heavy atom. The second kappa shape index (κ2) is 7.35. The summed E-state index contributed by atoms with van der Waals surface area (Å²) in [7, 11) is -1.78. The van der Waals surface area contributed by atoms with Crippen molar-refractivity contribution < 1.29 is 13.2 Å². The van der Waals surface area contributed by atoms with Crippen LogP contribution in [-0.4, -0.2) is 74.0 Å². The molecule has 1 aliphatic heterocycles. The lowest BCUT2D eigenvalue weighted by atomic mass is 10.4. The molecule has 0 amide bonds. The third-order valence-electron chi connectivity index (χ3n) is 3.72. The van der Waals surface area contributed by atoms with Gasteiger partial charge in [0.15, 0.2) is 5.03 Å². The van der Waals surface area contributed by atoms with Gasteiger partial charge in [0.05, 0.1) is 12.8 Å². The Labute approximate surface area is 126 Å². The molecule has 0 spiro atoms. The predicted molar refractivity (Wildman–Crippen MR) is 79.7 cm³/mol. The van der Waals surface area contributed by atoms with Crippen molar-refractivity contribution in [1.29, 1.82) is 0 Å². The van der Waals surface area contributed by atoms with Crippen LogP contribution >= 0.6 is 0 Å². The summed E-state index contributed by atoms with van der Waals surface area (Å²) in [5.74, 6) is 0.699. The van der Waals surface area contributed by atoms with E-state index in [1.807, 2.05) is 6.92 Å². The van der Waals surface area contributed by atoms with E-state index in [2.05, 4.69) is 14.9 Å². The number of nitrogens with one attached hydrogen (secondary N) is 1. The van der Waals surface area contributed by atoms with Gasteiger partial charge in [0.25, 0.3) is 10.0 Å². The van der Waals surface area contributed by atoms with Crippen LogP contribution in [0.2, 0.25) is 0 Å². The first-order chi connectivity index (χ1) is 10.1. The number of aromatic nitrogens is 2. The van der Waals surface area contributed by atoms with Crippen LogP contribution in [-0.2, 0) is 21.2 Å². The van der Waals surface area contributed by atoms with Gasteiger partial charge in [-0.15, -0.1) is 0 Å². The molecule has 0 radical (unpaired) electrons. The minimum atomic E-state index is -3.46. The molecular weight excluding hydrogens is 292 g/mol. The van der Waals surface area contributed by atoms with Gasteiger partial charge >= 0.3 is 0 Å². The number of sulfonamides is 1. The third kappa shape index (κ3) is 4.03. The monoisotopic (exact) mass is 316 g/mol. The van der Waals surface area contributed by atoms with Gasteiger partial charge in [-0.1, -0.05) is 6.92 Å². The molecule has 0 saturated carbocycles. The largest absolute Gasteiger partial charge is 0.383 e. The molecule has 1 aromatic heterocycles. The first-order valence-electron chi connectivity index (χ1n) is 7.33. The second-order valence-corrected chi connectivity index (χ2v) is 7.05. The summed E-state index contributed by atoms with van der Waals surface area (Å²) in [6.07, 6.45) is 2.94. The fourth-order valence-corrected chi connectivity index (χ4v) is 3.83. The maximum Gasteiger partial charge on any atom is 0.260 e. The Kier molecular flexibility index (Phi) is 5.74. The molecular formula is C13H24N4O3S. The van der Waals surface area contributed by atoms with Crippen LogP contribution in [0, 0.1) is 0 Å². The van der Waals surface area contributed by atoms with E-state index in [1.54, 1.807) is 11.4 Å². The Morgan fingerprint density at radius 3 is 2.81 bits per heavy atom. The fourth-order valence-electron chi connectivity index (χ4n) is 2.42. The van der Waals surface area contributed by atoms with Gasteiger partial charge in [0.1, 0.15) is 5.82 Å². The molecule has 0 bridgehead atoms. The molecule has 1 aromatic rings. The van der Waals surface area contributed by atoms with E-state index >= 15 is 0 Å². The molecule has 120 valence electrons. The van der Waals surface area contributed by atoms with Gasteiger partial charge in [-0.25, -0.2) is 13.4 Å². The second-order valence-electron chi connectivity index (χ2n) is 5.14. The summed E-state index contributed by atoms with van der Waals surface area (Å²) >= 11 is 0. The highest BCUT2D eigenvalue weighted by atomic mass is 32.2. The Morgan fingerprint density at radius 1 is 1.33 bits per heavy atom. The Balaban J connectivity index is 2.03. The zero-order valence-electron chi connectivity index (χ0n) is 12.7. The number of methoxy groups -OCH3 is 1. The molecule has 8 heteroatoms. The number of ether oxygens (including phenoxy) is 1. The van der Waals surface area contributed by atoms with E-state index in [4.69, 9.17) is 4.74 Å². The van der Waals surface area contributed by atoms with Crippen LogP contribution < -0.4 is 0 Å². The molecule has 7 nitrogen and oxygen atoms in total. The summed E-state index contributed by atoms with van der Waals surface area (Å²) in [5.41, 5.74) is 0. The smallest absolute Gasteiger partial charge is 0.260 e. The highest BCUT2D eigenvalue weighted by Crippen LogP contribution is 2.16. The van der Waals surface area contributed by atoms with Crippen molar-refractivity contribution in [2.24, 2.45) is 0 Å². The van der Waals surface area contributed by atoms with Gasteiger partial charge in [0.2, 0.25) is 0 Å². The van der Waals surface area contributed by atoms with Crippen LogP contribution in [0.4, 0.5) is 0 Å². The van der Waals surface area contributed by atoms with Crippen molar-refractivity contribution >= 4 is 10.0 Å². The number of nitrogens with zero attached hydrogens (tertiary/aromatic N) is 3. The highest BCUT2D eigenvalue weighted by molar-refractivity contribution is 7.89. The molecule has 2 heterocycles. The average molecular weight is 316 g/mol. The number of hydrogen-bond donors (Lipinski definition) is 1. The summed E-state index contributed by atoms with van der Waals surface area (Å²) in [5, 5.41) is 0.199. The first-order valence-corrected chi connectivity index (χ1v) is 8.77. The van der Waals surface area contributed by atoms with Gasteiger partial charge in [-0.3, -0.25) is 4.90 Å². The average Bonchev–Trinajstić information content (AvgIpc) is 2.84. The standard InChI is InChI=1S/C13H24N4O3S/c1-3-12-14-11-13(15-12)21(18,19)17-6-4-5-16(7-8-17)9-10-20-2/h11H,3-10H2,1-2H3,(H,14,15). The van der Waals surface area contributed by atoms with Crippen molar-refractivity contribution in [2.45, 2.75) is 24.8 Å². The van der Waals surface area contributed by atoms with Crippen LogP contribution in [0.3, 0.4) is 0 Å². The highest BCUT2D eigenvalue weighted by Gasteiger charge is 2.28. The van der Waals surface area contributed by atoms with Crippen molar-refractivity contribution in [1.82, 2.24) is 19.2 Å². The van der Waals surface area contributed by atoms with Gasteiger partial charge in [-0.05, 0) is 13.0 Å². The molecule has 1 N–H and O–H groups in total. The minimum absolute atomic E-state index is 0.199. The van der Waals surface area contributed by atoms with Crippen LogP contribution in [0.25, 0.3) is 0 Å². The molecule has 2 rings (SSSR count). The predicted octanol–water partition coefficient (Wildman–Crippen LogP) is 0.315. The third-order valence-corrected chi connectivity index (χ3v) is 5.53. The molecule has 21 heavy (non-hydrogen) atoms. The van der Waals surface area contributed by atoms with E-state index in [-0.39, 0.29) is 5.03 Å². The lowest BCUT2D eigenvalue weighted by Crippen LogP contribution is -2.36. The molecule has 0 aliphatic carbocycles. The summed E-state index contributed by atoms with van der Waals surface area (Å²) in [6.45, 7) is 6.14. The van der Waals surface area contributed by atoms with Gasteiger partial charge < -0.3 is 9.72 Å². The van der Waals surface area contributed by atoms with E-state index in [1.165, 1.54) is 6.20 Å². The number of hydrogen-bond acceptors (Lipinski definition) is 5. The summed E-state index contributed by atoms with van der Waals surface area (Å²) < 4.78 is 31.8. The van der Waals surface area contributed by atoms with Gasteiger partial charge in [0, 0.05) is 39.7 Å². The van der Waals surface area contributed by atoms with E-state index in [0.29, 0.717) is 31.9 Å². The number of imidazole rings is 1. The van der Waals surface area contributed by atoms with Crippen LogP contribution in [0.15, 0.2) is 11.2 Å². The molecule has 1 aliphatic rings. The van der Waals surface area contributed by atoms with Crippen molar-refractivity contribution in [3.8, 4) is 0 Å². The molecule has 1 saturated heterocycles. The topological polar surface area (TPSA) is 78.5 Å². The normalized spacial score (nSPS) is 18.8. The number of aromatic amines is 1. The van der Waals surface area contributed by atoms with Gasteiger partial charge in [-0.2, -0.15) is 4.31 Å². The minimum Gasteiger partial charge on any atom is -0.383 e. The number of aryl methyl sites for hydroxylation is 1. The van der Waals surface area contributed by atoms with E-state index in [0.717, 1.165) is 26.1 Å². The SMILES string of the molecule is CCc1ncc(S(=O)(=O)N2CCCN(CCOC)CC2)[nH]1. The van der Waals surface area contributed by atoms with Crippen molar-refractivity contribution in [3.05, 3.63) is 12.0 Å². The van der Waals surface area contributed by atoms with Crippen LogP contribution in [0.5, 0.6) is 0 Å². The van der Waals surface area contributed by atoms with Crippen LogP contribution in [0.1, 0.15) is 19.2 Å². The maximum atomic E-state index is 12.6. The van der Waals surface area contributed by atoms with E-state index < -0.39 is 10.0 Å². The molecule has 0 atom stereocenters. The first kappa shape index (κ1) is 16.4. The quantitative estimate of drug-likeness (QED) is 0.817. The van der Waals surface area contributed by atoms with E-state index in [9.17, 15) is 8.42 Å². The Bertz CT molecular complexity index is 543. The molecule has 0 aromatic carbocycles. The lowest BCUT2D eigenvalue weighted by molar-refractivity contribution is 0.151. The zero-order chi connectivity index (χ0) is 15.3. The zero-order valence-corrected chi connectivity index (χ0v) is 13.5. The fraction of sp³-hybridized carbons (Fsp3) is 0.769. The maximum absolute atomic E-state index is 12.6. The van der Waals surface area contributed by atoms with Crippen molar-refractivity contribution in [2.75, 3.05) is 46.4 Å².